The zero-order chi connectivity index (χ0) is 24.1. The van der Waals surface area contributed by atoms with Crippen molar-refractivity contribution in [3.05, 3.63) is 65.5 Å². The number of hydrogen-bond donors (Lipinski definition) is 0. The molecule has 1 heterocycles. The SMILES string of the molecule is CCCc1nc2ccc(Br)cc2c(=O)n1N=Cc1cc(Br)c(O[C@@H](C)C(=O)OCC)c(Br)c1. The fourth-order valence-electron chi connectivity index (χ4n) is 3.07. The Hall–Kier alpha value is -2.04. The van der Waals surface area contributed by atoms with Gasteiger partial charge in [-0.05, 0) is 88.0 Å². The van der Waals surface area contributed by atoms with Gasteiger partial charge < -0.3 is 9.47 Å². The first-order chi connectivity index (χ1) is 15.7. The Labute approximate surface area is 216 Å². The van der Waals surface area contributed by atoms with Crippen LogP contribution in [0.25, 0.3) is 10.9 Å². The smallest absolute Gasteiger partial charge is 0.347 e. The first-order valence-corrected chi connectivity index (χ1v) is 12.7. The molecule has 2 aromatic carbocycles. The van der Waals surface area contributed by atoms with E-state index in [2.05, 4.69) is 57.9 Å². The van der Waals surface area contributed by atoms with Gasteiger partial charge in [0.05, 0.1) is 32.7 Å². The molecule has 10 heteroatoms. The van der Waals surface area contributed by atoms with Crippen LogP contribution in [0, 0.1) is 0 Å². The third kappa shape index (κ3) is 6.10. The lowest BCUT2D eigenvalue weighted by Crippen LogP contribution is -2.26. The van der Waals surface area contributed by atoms with Crippen LogP contribution in [0.5, 0.6) is 5.75 Å². The van der Waals surface area contributed by atoms with Gasteiger partial charge in [-0.1, -0.05) is 22.9 Å². The predicted octanol–water partition coefficient (Wildman–Crippen LogP) is 5.85. The van der Waals surface area contributed by atoms with E-state index in [0.29, 0.717) is 43.4 Å². The van der Waals surface area contributed by atoms with Crippen LogP contribution in [0.3, 0.4) is 0 Å². The van der Waals surface area contributed by atoms with Crippen molar-refractivity contribution >= 4 is 70.9 Å². The number of carbonyl (C=O) groups excluding carboxylic acids is 1. The summed E-state index contributed by atoms with van der Waals surface area (Å²) >= 11 is 10.4. The second kappa shape index (κ2) is 11.4. The molecule has 0 N–H and O–H groups in total. The van der Waals surface area contributed by atoms with Gasteiger partial charge in [-0.25, -0.2) is 9.78 Å². The normalized spacial score (nSPS) is 12.3. The second-order valence-electron chi connectivity index (χ2n) is 7.13. The maximum Gasteiger partial charge on any atom is 0.347 e. The highest BCUT2D eigenvalue weighted by Gasteiger charge is 2.19. The van der Waals surface area contributed by atoms with E-state index >= 15 is 0 Å². The Balaban J connectivity index is 1.96. The van der Waals surface area contributed by atoms with Gasteiger partial charge in [-0.3, -0.25) is 4.79 Å². The fourth-order valence-corrected chi connectivity index (χ4v) is 4.84. The molecule has 3 aromatic rings. The summed E-state index contributed by atoms with van der Waals surface area (Å²) in [5.41, 5.74) is 1.12. The number of halogens is 3. The molecule has 7 nitrogen and oxygen atoms in total. The van der Waals surface area contributed by atoms with Gasteiger partial charge in [0.25, 0.3) is 5.56 Å². The molecule has 0 amide bonds. The minimum absolute atomic E-state index is 0.234. The van der Waals surface area contributed by atoms with E-state index < -0.39 is 12.1 Å². The summed E-state index contributed by atoms with van der Waals surface area (Å²) in [5.74, 6) is 0.615. The quantitative estimate of drug-likeness (QED) is 0.227. The highest BCUT2D eigenvalue weighted by atomic mass is 79.9. The topological polar surface area (TPSA) is 82.8 Å². The number of ether oxygens (including phenoxy) is 2. The van der Waals surface area contributed by atoms with Crippen LogP contribution in [0.1, 0.15) is 38.6 Å². The standard InChI is InChI=1S/C23H22Br3N3O4/c1-4-6-20-28-19-8-7-15(24)11-16(19)22(30)29(20)27-12-14-9-17(25)21(18(26)10-14)33-13(3)23(31)32-5-2/h7-13H,4-6H2,1-3H3/t13-/m0/s1. The number of carbonyl (C=O) groups is 1. The Morgan fingerprint density at radius 3 is 2.52 bits per heavy atom. The van der Waals surface area contributed by atoms with E-state index in [9.17, 15) is 9.59 Å². The molecule has 0 radical (unpaired) electrons. The van der Waals surface area contributed by atoms with E-state index in [1.165, 1.54) is 4.68 Å². The van der Waals surface area contributed by atoms with Gasteiger partial charge in [0, 0.05) is 10.9 Å². The third-order valence-corrected chi connectivity index (χ3v) is 6.28. The summed E-state index contributed by atoms with van der Waals surface area (Å²) < 4.78 is 14.1. The number of nitrogens with zero attached hydrogens (tertiary/aromatic N) is 3. The van der Waals surface area contributed by atoms with Crippen molar-refractivity contribution in [2.75, 3.05) is 6.61 Å². The van der Waals surface area contributed by atoms with Gasteiger partial charge in [-0.2, -0.15) is 9.78 Å². The van der Waals surface area contributed by atoms with E-state index in [4.69, 9.17) is 9.47 Å². The van der Waals surface area contributed by atoms with E-state index in [-0.39, 0.29) is 12.2 Å². The molecule has 0 unspecified atom stereocenters. The maximum absolute atomic E-state index is 13.1. The Morgan fingerprint density at radius 1 is 1.18 bits per heavy atom. The van der Waals surface area contributed by atoms with Crippen LogP contribution < -0.4 is 10.3 Å². The minimum atomic E-state index is -0.768. The molecule has 33 heavy (non-hydrogen) atoms. The number of aryl methyl sites for hydroxylation is 1. The zero-order valence-electron chi connectivity index (χ0n) is 18.3. The van der Waals surface area contributed by atoms with Crippen molar-refractivity contribution in [3.63, 3.8) is 0 Å². The van der Waals surface area contributed by atoms with Crippen molar-refractivity contribution in [2.45, 2.75) is 39.7 Å². The van der Waals surface area contributed by atoms with Gasteiger partial charge in [0.2, 0.25) is 0 Å². The first kappa shape index (κ1) is 25.6. The van der Waals surface area contributed by atoms with Crippen LogP contribution in [-0.2, 0) is 16.0 Å². The lowest BCUT2D eigenvalue weighted by Gasteiger charge is -2.16. The van der Waals surface area contributed by atoms with Gasteiger partial charge in [0.1, 0.15) is 11.6 Å². The maximum atomic E-state index is 13.1. The lowest BCUT2D eigenvalue weighted by atomic mass is 10.2. The summed E-state index contributed by atoms with van der Waals surface area (Å²) in [7, 11) is 0. The summed E-state index contributed by atoms with van der Waals surface area (Å²) in [6.45, 7) is 5.67. The van der Waals surface area contributed by atoms with Crippen LogP contribution in [0.4, 0.5) is 0 Å². The summed E-state index contributed by atoms with van der Waals surface area (Å²) in [6, 6.07) is 9.00. The second-order valence-corrected chi connectivity index (χ2v) is 9.75. The molecule has 174 valence electrons. The molecule has 1 aromatic heterocycles. The molecule has 0 aliphatic carbocycles. The van der Waals surface area contributed by atoms with E-state index in [0.717, 1.165) is 10.9 Å². The third-order valence-electron chi connectivity index (χ3n) is 4.61. The van der Waals surface area contributed by atoms with Crippen LogP contribution in [-0.4, -0.2) is 34.6 Å². The average molecular weight is 644 g/mol. The van der Waals surface area contributed by atoms with Crippen molar-refractivity contribution in [1.82, 2.24) is 9.66 Å². The fraction of sp³-hybridized carbons (Fsp3) is 0.304. The number of benzene rings is 2. The minimum Gasteiger partial charge on any atom is -0.477 e. The number of esters is 1. The predicted molar refractivity (Wildman–Crippen MR) is 139 cm³/mol. The Bertz CT molecular complexity index is 1250. The summed E-state index contributed by atoms with van der Waals surface area (Å²) in [6.07, 6.45) is 2.26. The molecule has 0 saturated carbocycles. The largest absolute Gasteiger partial charge is 0.477 e. The molecule has 0 fully saturated rings. The van der Waals surface area contributed by atoms with Crippen molar-refractivity contribution in [2.24, 2.45) is 5.10 Å². The molecule has 0 aliphatic heterocycles. The molecular weight excluding hydrogens is 622 g/mol. The molecule has 0 aliphatic rings. The average Bonchev–Trinajstić information content (AvgIpc) is 2.76. The first-order valence-electron chi connectivity index (χ1n) is 10.3. The van der Waals surface area contributed by atoms with Gasteiger partial charge in [0.15, 0.2) is 6.10 Å². The van der Waals surface area contributed by atoms with E-state index in [1.54, 1.807) is 38.3 Å². The van der Waals surface area contributed by atoms with E-state index in [1.807, 2.05) is 19.1 Å². The van der Waals surface area contributed by atoms with Gasteiger partial charge >= 0.3 is 5.97 Å². The number of rotatable bonds is 8. The lowest BCUT2D eigenvalue weighted by molar-refractivity contribution is -0.150. The highest BCUT2D eigenvalue weighted by Crippen LogP contribution is 2.35. The van der Waals surface area contributed by atoms with Crippen molar-refractivity contribution < 1.29 is 14.3 Å². The molecule has 0 spiro atoms. The molecule has 3 rings (SSSR count). The zero-order valence-corrected chi connectivity index (χ0v) is 23.0. The van der Waals surface area contributed by atoms with Crippen molar-refractivity contribution in [1.29, 1.82) is 0 Å². The number of aromatic nitrogens is 2. The van der Waals surface area contributed by atoms with Crippen LogP contribution in [0.15, 0.2) is 53.6 Å². The number of fused-ring (bicyclic) bond motifs is 1. The Kier molecular flexibility index (Phi) is 8.83. The number of hydrogen-bond acceptors (Lipinski definition) is 6. The van der Waals surface area contributed by atoms with Crippen molar-refractivity contribution in [3.8, 4) is 5.75 Å². The molecule has 0 bridgehead atoms. The molecule has 1 atom stereocenters. The monoisotopic (exact) mass is 641 g/mol. The van der Waals surface area contributed by atoms with Crippen LogP contribution in [0.2, 0.25) is 0 Å². The summed E-state index contributed by atoms with van der Waals surface area (Å²) in [4.78, 5) is 29.7. The summed E-state index contributed by atoms with van der Waals surface area (Å²) in [5, 5.41) is 4.93. The highest BCUT2D eigenvalue weighted by molar-refractivity contribution is 9.11. The van der Waals surface area contributed by atoms with Crippen LogP contribution >= 0.6 is 47.8 Å². The molecular formula is C23H22Br3N3O4. The Morgan fingerprint density at radius 2 is 1.88 bits per heavy atom. The van der Waals surface area contributed by atoms with Gasteiger partial charge in [-0.15, -0.1) is 0 Å². The molecule has 0 saturated heterocycles.